The molecule has 0 fully saturated rings. The van der Waals surface area contributed by atoms with E-state index >= 15 is 0 Å². The Morgan fingerprint density at radius 3 is 2.43 bits per heavy atom. The first-order valence-corrected chi connectivity index (χ1v) is 11.7. The van der Waals surface area contributed by atoms with Crippen molar-refractivity contribution in [2.24, 2.45) is 0 Å². The molecule has 0 spiro atoms. The molecular weight excluding hydrogens is 404 g/mol. The van der Waals surface area contributed by atoms with Crippen LogP contribution in [0.2, 0.25) is 0 Å². The maximum atomic E-state index is 12.3. The fourth-order valence-electron chi connectivity index (χ4n) is 2.96. The number of benzene rings is 2. The van der Waals surface area contributed by atoms with Crippen LogP contribution in [-0.2, 0) is 26.2 Å². The molecule has 30 heavy (non-hydrogen) atoms. The molecule has 0 radical (unpaired) electrons. The third-order valence-electron chi connectivity index (χ3n) is 4.18. The Labute approximate surface area is 179 Å². The van der Waals surface area contributed by atoms with Gasteiger partial charge in [-0.1, -0.05) is 12.1 Å². The zero-order chi connectivity index (χ0) is 22.1. The lowest BCUT2D eigenvalue weighted by Gasteiger charge is -2.22. The lowest BCUT2D eigenvalue weighted by molar-refractivity contribution is -0.116. The summed E-state index contributed by atoms with van der Waals surface area (Å²) in [4.78, 5) is 12.3. The Bertz CT molecular complexity index is 927. The van der Waals surface area contributed by atoms with Gasteiger partial charge in [-0.3, -0.25) is 9.10 Å². The molecule has 0 aliphatic rings. The van der Waals surface area contributed by atoms with Crippen LogP contribution in [0.15, 0.2) is 48.5 Å². The van der Waals surface area contributed by atoms with Gasteiger partial charge in [0.15, 0.2) is 0 Å². The van der Waals surface area contributed by atoms with E-state index in [4.69, 9.17) is 9.47 Å². The van der Waals surface area contributed by atoms with Gasteiger partial charge in [0.05, 0.1) is 24.7 Å². The van der Waals surface area contributed by atoms with Gasteiger partial charge in [0.2, 0.25) is 15.9 Å². The van der Waals surface area contributed by atoms with Crippen molar-refractivity contribution in [3.63, 3.8) is 0 Å². The van der Waals surface area contributed by atoms with Crippen molar-refractivity contribution in [1.29, 1.82) is 0 Å². The van der Waals surface area contributed by atoms with E-state index in [1.54, 1.807) is 37.4 Å². The normalized spacial score (nSPS) is 11.4. The average Bonchev–Trinajstić information content (AvgIpc) is 2.65. The van der Waals surface area contributed by atoms with E-state index in [2.05, 4.69) is 5.32 Å². The number of anilines is 2. The number of hydrogen-bond acceptors (Lipinski definition) is 5. The first-order chi connectivity index (χ1) is 14.2. The second-order valence-electron chi connectivity index (χ2n) is 7.28. The van der Waals surface area contributed by atoms with Crippen LogP contribution in [0.25, 0.3) is 0 Å². The van der Waals surface area contributed by atoms with Crippen molar-refractivity contribution in [3.8, 4) is 5.75 Å². The maximum absolute atomic E-state index is 12.3. The molecule has 0 saturated heterocycles. The highest BCUT2D eigenvalue weighted by Gasteiger charge is 2.18. The highest BCUT2D eigenvalue weighted by atomic mass is 32.2. The summed E-state index contributed by atoms with van der Waals surface area (Å²) in [6.07, 6.45) is 1.79. The molecule has 2 rings (SSSR count). The van der Waals surface area contributed by atoms with E-state index in [-0.39, 0.29) is 25.0 Å². The Balaban J connectivity index is 1.95. The van der Waals surface area contributed by atoms with Crippen molar-refractivity contribution in [2.45, 2.75) is 39.4 Å². The van der Waals surface area contributed by atoms with Gasteiger partial charge in [0, 0.05) is 25.8 Å². The van der Waals surface area contributed by atoms with Gasteiger partial charge in [-0.25, -0.2) is 8.42 Å². The van der Waals surface area contributed by atoms with Gasteiger partial charge >= 0.3 is 0 Å². The Morgan fingerprint density at radius 2 is 1.83 bits per heavy atom. The molecule has 0 unspecified atom stereocenters. The highest BCUT2D eigenvalue weighted by molar-refractivity contribution is 7.92. The number of amides is 1. The van der Waals surface area contributed by atoms with Gasteiger partial charge < -0.3 is 14.8 Å². The van der Waals surface area contributed by atoms with Crippen LogP contribution in [0, 0.1) is 0 Å². The minimum Gasteiger partial charge on any atom is -0.491 e. The molecule has 8 heteroatoms. The van der Waals surface area contributed by atoms with Gasteiger partial charge in [0.1, 0.15) is 5.75 Å². The Morgan fingerprint density at radius 1 is 1.13 bits per heavy atom. The van der Waals surface area contributed by atoms with Crippen molar-refractivity contribution in [2.75, 3.05) is 29.5 Å². The summed E-state index contributed by atoms with van der Waals surface area (Å²) in [5, 5.41) is 2.84. The molecule has 0 heterocycles. The van der Waals surface area contributed by atoms with Crippen molar-refractivity contribution in [3.05, 3.63) is 54.1 Å². The van der Waals surface area contributed by atoms with E-state index < -0.39 is 10.0 Å². The van der Waals surface area contributed by atoms with Gasteiger partial charge in [-0.2, -0.15) is 0 Å². The second kappa shape index (κ2) is 11.0. The summed E-state index contributed by atoms with van der Waals surface area (Å²) < 4.78 is 36.5. The largest absolute Gasteiger partial charge is 0.491 e. The highest BCUT2D eigenvalue weighted by Crippen LogP contribution is 2.23. The monoisotopic (exact) mass is 434 g/mol. The molecule has 2 aromatic carbocycles. The molecule has 7 nitrogen and oxygen atoms in total. The van der Waals surface area contributed by atoms with E-state index in [9.17, 15) is 13.2 Å². The fraction of sp³-hybridized carbons (Fsp3) is 0.409. The number of sulfonamides is 1. The number of carbonyl (C=O) groups excluding carboxylic acids is 1. The third-order valence-corrected chi connectivity index (χ3v) is 5.38. The quantitative estimate of drug-likeness (QED) is 0.581. The summed E-state index contributed by atoms with van der Waals surface area (Å²) in [6, 6.07) is 14.3. The van der Waals surface area contributed by atoms with E-state index in [0.717, 1.165) is 11.8 Å². The minimum atomic E-state index is -3.48. The van der Waals surface area contributed by atoms with E-state index in [0.29, 0.717) is 30.2 Å². The molecule has 0 bridgehead atoms. The maximum Gasteiger partial charge on any atom is 0.232 e. The first-order valence-electron chi connectivity index (χ1n) is 9.81. The topological polar surface area (TPSA) is 84.9 Å². The summed E-state index contributed by atoms with van der Waals surface area (Å²) >= 11 is 0. The molecule has 1 amide bonds. The van der Waals surface area contributed by atoms with Crippen LogP contribution >= 0.6 is 0 Å². The summed E-state index contributed by atoms with van der Waals surface area (Å²) in [7, 11) is -1.86. The number of nitrogens with one attached hydrogen (secondary N) is 1. The SMILES string of the molecule is COCc1cccc(NC(=O)CCCN(c2ccc(OC(C)C)cc2)S(C)(=O)=O)c1. The average molecular weight is 435 g/mol. The zero-order valence-electron chi connectivity index (χ0n) is 17.9. The Kier molecular flexibility index (Phi) is 8.68. The van der Waals surface area contributed by atoms with Crippen molar-refractivity contribution in [1.82, 2.24) is 0 Å². The molecule has 0 aromatic heterocycles. The Hall–Kier alpha value is -2.58. The standard InChI is InChI=1S/C22H30N2O5S/c1-17(2)29-21-12-10-20(11-13-21)24(30(4,26)27)14-6-9-22(25)23-19-8-5-7-18(15-19)16-28-3/h5,7-8,10-13,15,17H,6,9,14,16H2,1-4H3,(H,23,25). The van der Waals surface area contributed by atoms with E-state index in [1.165, 1.54) is 4.31 Å². The predicted molar refractivity (Wildman–Crippen MR) is 119 cm³/mol. The van der Waals surface area contributed by atoms with Crippen LogP contribution in [0.1, 0.15) is 32.3 Å². The number of carbonyl (C=O) groups is 1. The third kappa shape index (κ3) is 7.68. The first kappa shape index (κ1) is 23.7. The molecule has 0 aliphatic heterocycles. The molecule has 0 aliphatic carbocycles. The molecule has 1 N–H and O–H groups in total. The zero-order valence-corrected chi connectivity index (χ0v) is 18.7. The molecule has 2 aromatic rings. The van der Waals surface area contributed by atoms with Crippen LogP contribution in [0.4, 0.5) is 11.4 Å². The van der Waals surface area contributed by atoms with Gasteiger partial charge in [-0.15, -0.1) is 0 Å². The second-order valence-corrected chi connectivity index (χ2v) is 9.19. The molecule has 164 valence electrons. The minimum absolute atomic E-state index is 0.0376. The summed E-state index contributed by atoms with van der Waals surface area (Å²) in [6.45, 7) is 4.53. The van der Waals surface area contributed by atoms with Gasteiger partial charge in [-0.05, 0) is 62.2 Å². The summed E-state index contributed by atoms with van der Waals surface area (Å²) in [5.74, 6) is 0.510. The number of hydrogen-bond donors (Lipinski definition) is 1. The molecule has 0 saturated carbocycles. The molecular formula is C22H30N2O5S. The van der Waals surface area contributed by atoms with Crippen molar-refractivity contribution < 1.29 is 22.7 Å². The number of nitrogens with zero attached hydrogens (tertiary/aromatic N) is 1. The number of rotatable bonds is 11. The fourth-order valence-corrected chi connectivity index (χ4v) is 3.93. The molecule has 0 atom stereocenters. The van der Waals surface area contributed by atoms with Crippen molar-refractivity contribution >= 4 is 27.3 Å². The van der Waals surface area contributed by atoms with Gasteiger partial charge in [0.25, 0.3) is 0 Å². The summed E-state index contributed by atoms with van der Waals surface area (Å²) in [5.41, 5.74) is 2.19. The number of methoxy groups -OCH3 is 1. The lowest BCUT2D eigenvalue weighted by atomic mass is 10.2. The van der Waals surface area contributed by atoms with Crippen LogP contribution < -0.4 is 14.4 Å². The predicted octanol–water partition coefficient (Wildman–Crippen LogP) is 3.81. The van der Waals surface area contributed by atoms with Crippen LogP contribution in [-0.4, -0.2) is 40.3 Å². The lowest BCUT2D eigenvalue weighted by Crippen LogP contribution is -2.31. The van der Waals surface area contributed by atoms with Crippen LogP contribution in [0.3, 0.4) is 0 Å². The smallest absolute Gasteiger partial charge is 0.232 e. The van der Waals surface area contributed by atoms with E-state index in [1.807, 2.05) is 32.0 Å². The number of ether oxygens (including phenoxy) is 2. The van der Waals surface area contributed by atoms with Crippen LogP contribution in [0.5, 0.6) is 5.75 Å².